The van der Waals surface area contributed by atoms with Gasteiger partial charge in [-0.2, -0.15) is 0 Å². The van der Waals surface area contributed by atoms with Gasteiger partial charge >= 0.3 is 0 Å². The lowest BCUT2D eigenvalue weighted by Gasteiger charge is -2.32. The normalized spacial score (nSPS) is 15.7. The van der Waals surface area contributed by atoms with Crippen molar-refractivity contribution in [2.45, 2.75) is 46.5 Å². The number of hydrogen-bond acceptors (Lipinski definition) is 2. The van der Waals surface area contributed by atoms with Crippen LogP contribution in [-0.2, 0) is 0 Å². The molecule has 152 valence electrons. The van der Waals surface area contributed by atoms with Gasteiger partial charge in [-0.3, -0.25) is 4.57 Å². The van der Waals surface area contributed by atoms with Gasteiger partial charge in [0.25, 0.3) is 0 Å². The molecule has 2 aromatic heterocycles. The number of aryl methyl sites for hydroxylation is 2. The number of benzene rings is 1. The van der Waals surface area contributed by atoms with E-state index in [1.165, 1.54) is 22.2 Å². The Bertz CT molecular complexity index is 1040. The lowest BCUT2D eigenvalue weighted by molar-refractivity contribution is 0.476. The fourth-order valence-corrected chi connectivity index (χ4v) is 5.82. The second-order valence-corrected chi connectivity index (χ2v) is 10.2. The van der Waals surface area contributed by atoms with Crippen molar-refractivity contribution in [2.75, 3.05) is 18.0 Å². The number of halogens is 2. The molecule has 0 unspecified atom stereocenters. The Hall–Kier alpha value is -1.33. The number of piperidine rings is 1. The molecule has 0 N–H and O–H groups in total. The SMILES string of the molecule is [CH]C1CCN(c2cc(C)nc3c2c(C)cn3-c2c(Br)cc(C(C)C)cc2Br)CC1. The van der Waals surface area contributed by atoms with Gasteiger partial charge in [-0.1, -0.05) is 13.8 Å². The minimum absolute atomic E-state index is 0.321. The predicted octanol–water partition coefficient (Wildman–Crippen LogP) is 7.22. The molecule has 3 aromatic rings. The van der Waals surface area contributed by atoms with Gasteiger partial charge in [0.15, 0.2) is 0 Å². The van der Waals surface area contributed by atoms with Gasteiger partial charge in [0, 0.05) is 45.0 Å². The molecule has 0 bridgehead atoms. The smallest absolute Gasteiger partial charge is 0.147 e. The van der Waals surface area contributed by atoms with Gasteiger partial charge in [0.2, 0.25) is 0 Å². The zero-order chi connectivity index (χ0) is 20.9. The van der Waals surface area contributed by atoms with E-state index < -0.39 is 0 Å². The molecule has 0 spiro atoms. The van der Waals surface area contributed by atoms with Gasteiger partial charge in [0.05, 0.1) is 5.69 Å². The number of pyridine rings is 1. The molecule has 5 heteroatoms. The molecule has 0 atom stereocenters. The van der Waals surface area contributed by atoms with Crippen LogP contribution in [0.5, 0.6) is 0 Å². The molecular weight excluding hydrogens is 490 g/mol. The Morgan fingerprint density at radius 2 is 1.69 bits per heavy atom. The van der Waals surface area contributed by atoms with E-state index in [1.54, 1.807) is 0 Å². The minimum Gasteiger partial charge on any atom is -0.371 e. The Kier molecular flexibility index (Phi) is 5.82. The Labute approximate surface area is 190 Å². The Balaban J connectivity index is 1.90. The van der Waals surface area contributed by atoms with Gasteiger partial charge in [-0.15, -0.1) is 0 Å². The Morgan fingerprint density at radius 1 is 1.07 bits per heavy atom. The molecule has 1 fully saturated rings. The van der Waals surface area contributed by atoms with Crippen LogP contribution in [0.2, 0.25) is 0 Å². The number of rotatable bonds is 3. The molecule has 3 heterocycles. The third-order valence-electron chi connectivity index (χ3n) is 5.88. The monoisotopic (exact) mass is 515 g/mol. The van der Waals surface area contributed by atoms with E-state index in [2.05, 4.69) is 93.4 Å². The van der Waals surface area contributed by atoms with Crippen LogP contribution in [0.25, 0.3) is 16.7 Å². The fraction of sp³-hybridized carbons (Fsp3) is 0.417. The molecule has 1 saturated heterocycles. The van der Waals surface area contributed by atoms with Crippen LogP contribution in [0.4, 0.5) is 5.69 Å². The molecule has 0 aliphatic carbocycles. The molecule has 3 nitrogen and oxygen atoms in total. The van der Waals surface area contributed by atoms with Crippen molar-refractivity contribution in [3.63, 3.8) is 0 Å². The third kappa shape index (κ3) is 3.88. The van der Waals surface area contributed by atoms with Crippen LogP contribution in [0.15, 0.2) is 33.3 Å². The topological polar surface area (TPSA) is 21.1 Å². The highest BCUT2D eigenvalue weighted by Crippen LogP contribution is 2.39. The van der Waals surface area contributed by atoms with Gasteiger partial charge < -0.3 is 4.90 Å². The van der Waals surface area contributed by atoms with E-state index in [9.17, 15) is 0 Å². The standard InChI is InChI=1S/C24H27Br2N3/c1-14(2)18-11-19(25)23(20(26)12-18)29-13-16(4)22-21(10-17(5)27-24(22)29)28-8-6-15(3)7-9-28/h3,10-15H,6-9H2,1-2,4-5H3. The van der Waals surface area contributed by atoms with Crippen molar-refractivity contribution in [1.82, 2.24) is 9.55 Å². The number of fused-ring (bicyclic) bond motifs is 1. The Morgan fingerprint density at radius 3 is 2.28 bits per heavy atom. The fourth-order valence-electron chi connectivity index (χ4n) is 4.22. The summed E-state index contributed by atoms with van der Waals surface area (Å²) in [5.74, 6) is 0.791. The largest absolute Gasteiger partial charge is 0.371 e. The first kappa shape index (κ1) is 20.9. The highest BCUT2D eigenvalue weighted by atomic mass is 79.9. The van der Waals surface area contributed by atoms with E-state index in [0.29, 0.717) is 11.8 Å². The number of hydrogen-bond donors (Lipinski definition) is 0. The molecule has 2 radical (unpaired) electrons. The summed E-state index contributed by atoms with van der Waals surface area (Å²) in [6, 6.07) is 6.66. The maximum Gasteiger partial charge on any atom is 0.147 e. The van der Waals surface area contributed by atoms with Crippen LogP contribution in [0, 0.1) is 26.7 Å². The van der Waals surface area contributed by atoms with Crippen LogP contribution in [0.1, 0.15) is 49.4 Å². The van der Waals surface area contributed by atoms with E-state index in [0.717, 1.165) is 51.9 Å². The number of anilines is 1. The quantitative estimate of drug-likeness (QED) is 0.366. The van der Waals surface area contributed by atoms with E-state index in [-0.39, 0.29) is 0 Å². The average Bonchev–Trinajstić information content (AvgIpc) is 2.97. The van der Waals surface area contributed by atoms with E-state index in [1.807, 2.05) is 0 Å². The molecule has 1 aliphatic rings. The molecule has 4 rings (SSSR count). The summed E-state index contributed by atoms with van der Waals surface area (Å²) < 4.78 is 4.36. The summed E-state index contributed by atoms with van der Waals surface area (Å²) in [6.45, 7) is 16.8. The van der Waals surface area contributed by atoms with Gasteiger partial charge in [0.1, 0.15) is 5.65 Å². The lowest BCUT2D eigenvalue weighted by Crippen LogP contribution is -2.33. The second kappa shape index (κ2) is 8.07. The maximum atomic E-state index is 6.14. The first-order valence-electron chi connectivity index (χ1n) is 10.3. The van der Waals surface area contributed by atoms with Crippen molar-refractivity contribution in [2.24, 2.45) is 5.92 Å². The summed E-state index contributed by atoms with van der Waals surface area (Å²) in [6.07, 6.45) is 4.28. The van der Waals surface area contributed by atoms with Crippen LogP contribution in [-0.4, -0.2) is 22.6 Å². The number of aromatic nitrogens is 2. The molecule has 0 saturated carbocycles. The first-order chi connectivity index (χ1) is 13.8. The third-order valence-corrected chi connectivity index (χ3v) is 7.09. The van der Waals surface area contributed by atoms with E-state index in [4.69, 9.17) is 11.9 Å². The van der Waals surface area contributed by atoms with Crippen LogP contribution < -0.4 is 4.90 Å². The summed E-state index contributed by atoms with van der Waals surface area (Å²) in [7, 11) is 0. The van der Waals surface area contributed by atoms with Crippen molar-refractivity contribution in [1.29, 1.82) is 0 Å². The van der Waals surface area contributed by atoms with Crippen molar-refractivity contribution >= 4 is 48.6 Å². The molecule has 0 amide bonds. The number of nitrogens with zero attached hydrogens (tertiary/aromatic N) is 3. The molecular formula is C24H27Br2N3. The summed E-state index contributed by atoms with van der Waals surface area (Å²) in [5.41, 5.74) is 6.96. The second-order valence-electron chi connectivity index (χ2n) is 8.48. The molecule has 29 heavy (non-hydrogen) atoms. The predicted molar refractivity (Wildman–Crippen MR) is 129 cm³/mol. The zero-order valence-electron chi connectivity index (χ0n) is 17.5. The average molecular weight is 517 g/mol. The van der Waals surface area contributed by atoms with E-state index >= 15 is 0 Å². The first-order valence-corrected chi connectivity index (χ1v) is 11.8. The van der Waals surface area contributed by atoms with Crippen LogP contribution in [0.3, 0.4) is 0 Å². The summed E-state index contributed by atoms with van der Waals surface area (Å²) in [5, 5.41) is 1.23. The molecule has 1 aliphatic heterocycles. The highest BCUT2D eigenvalue weighted by Gasteiger charge is 2.23. The maximum absolute atomic E-state index is 6.14. The lowest BCUT2D eigenvalue weighted by atomic mass is 9.98. The summed E-state index contributed by atoms with van der Waals surface area (Å²) >= 11 is 7.63. The highest BCUT2D eigenvalue weighted by molar-refractivity contribution is 9.11. The van der Waals surface area contributed by atoms with Crippen LogP contribution >= 0.6 is 31.9 Å². The zero-order valence-corrected chi connectivity index (χ0v) is 20.6. The van der Waals surface area contributed by atoms with Gasteiger partial charge in [-0.05, 0) is 107 Å². The molecule has 1 aromatic carbocycles. The summed E-state index contributed by atoms with van der Waals surface area (Å²) in [4.78, 5) is 7.43. The minimum atomic E-state index is 0.321. The van der Waals surface area contributed by atoms with Gasteiger partial charge in [-0.25, -0.2) is 4.98 Å². The van der Waals surface area contributed by atoms with Crippen molar-refractivity contribution in [3.8, 4) is 5.69 Å². The van der Waals surface area contributed by atoms with Crippen molar-refractivity contribution in [3.05, 3.63) is 57.1 Å². The van der Waals surface area contributed by atoms with Crippen molar-refractivity contribution < 1.29 is 0 Å².